The van der Waals surface area contributed by atoms with E-state index in [1.165, 1.54) is 18.2 Å². The molecule has 24 heavy (non-hydrogen) atoms. The lowest BCUT2D eigenvalue weighted by Crippen LogP contribution is -2.34. The molecule has 1 saturated heterocycles. The normalized spacial score (nSPS) is 19.2. The first kappa shape index (κ1) is 16.2. The largest absolute Gasteiger partial charge is 0.298 e. The number of likely N-dealkylation sites (N-methyl/N-ethyl adjacent to an activating group) is 1. The molecule has 3 rings (SSSR count). The van der Waals surface area contributed by atoms with Crippen LogP contribution in [0.5, 0.6) is 0 Å². The number of carbonyl (C=O) groups is 1. The number of hydrogen-bond acceptors (Lipinski definition) is 3. The van der Waals surface area contributed by atoms with Crippen molar-refractivity contribution in [2.75, 3.05) is 20.1 Å². The van der Waals surface area contributed by atoms with E-state index in [2.05, 4.69) is 4.98 Å². The number of pyridine rings is 1. The van der Waals surface area contributed by atoms with Gasteiger partial charge in [-0.05, 0) is 43.0 Å². The first-order valence-electron chi connectivity index (χ1n) is 7.52. The molecule has 2 heterocycles. The fraction of sp³-hybridized carbons (Fsp3) is 0.158. The summed E-state index contributed by atoms with van der Waals surface area (Å²) in [6.07, 6.45) is 6.63. The highest BCUT2D eigenvalue weighted by Crippen LogP contribution is 2.22. The summed E-state index contributed by atoms with van der Waals surface area (Å²) >= 11 is 0. The second kappa shape index (κ2) is 6.84. The van der Waals surface area contributed by atoms with Gasteiger partial charge in [-0.1, -0.05) is 6.07 Å². The molecule has 0 spiro atoms. The van der Waals surface area contributed by atoms with E-state index in [0.717, 1.165) is 11.6 Å². The first-order chi connectivity index (χ1) is 11.5. The molecular formula is C19H16F2N2O. The van der Waals surface area contributed by atoms with Crippen molar-refractivity contribution in [3.8, 4) is 0 Å². The van der Waals surface area contributed by atoms with Gasteiger partial charge in [0.05, 0.1) is 0 Å². The quantitative estimate of drug-likeness (QED) is 0.794. The molecule has 0 aliphatic carbocycles. The zero-order chi connectivity index (χ0) is 17.1. The fourth-order valence-corrected chi connectivity index (χ4v) is 2.68. The number of halogens is 2. The minimum Gasteiger partial charge on any atom is -0.298 e. The summed E-state index contributed by atoms with van der Waals surface area (Å²) in [6.45, 7) is 0.928. The molecule has 0 atom stereocenters. The maximum absolute atomic E-state index is 13.8. The lowest BCUT2D eigenvalue weighted by molar-refractivity contribution is -0.113. The van der Waals surface area contributed by atoms with Crippen LogP contribution in [0, 0.1) is 11.6 Å². The summed E-state index contributed by atoms with van der Waals surface area (Å²) < 4.78 is 26.9. The van der Waals surface area contributed by atoms with Crippen molar-refractivity contribution in [3.63, 3.8) is 0 Å². The molecular weight excluding hydrogens is 310 g/mol. The van der Waals surface area contributed by atoms with Gasteiger partial charge in [-0.15, -0.1) is 0 Å². The van der Waals surface area contributed by atoms with Gasteiger partial charge in [0.2, 0.25) is 0 Å². The molecule has 0 saturated carbocycles. The Hall–Kier alpha value is -2.66. The standard InChI is InChI=1S/C19H16F2N2O/c1-23-11-15(7-13-3-2-6-22-10-13)19(24)16(12-23)8-14-4-5-17(20)9-18(14)21/h2-10H,11-12H2,1H3/b15-7+,16-8+. The third-order valence-corrected chi connectivity index (χ3v) is 3.78. The number of rotatable bonds is 2. The Morgan fingerprint density at radius 3 is 2.54 bits per heavy atom. The van der Waals surface area contributed by atoms with E-state index in [-0.39, 0.29) is 11.3 Å². The van der Waals surface area contributed by atoms with E-state index in [0.29, 0.717) is 24.2 Å². The van der Waals surface area contributed by atoms with Crippen LogP contribution in [-0.2, 0) is 4.79 Å². The first-order valence-corrected chi connectivity index (χ1v) is 7.52. The summed E-state index contributed by atoms with van der Waals surface area (Å²) in [7, 11) is 1.89. The number of aromatic nitrogens is 1. The molecule has 1 aromatic heterocycles. The van der Waals surface area contributed by atoms with Gasteiger partial charge < -0.3 is 0 Å². The minimum absolute atomic E-state index is 0.124. The fourth-order valence-electron chi connectivity index (χ4n) is 2.68. The highest BCUT2D eigenvalue weighted by molar-refractivity contribution is 6.14. The van der Waals surface area contributed by atoms with Gasteiger partial charge in [-0.25, -0.2) is 8.78 Å². The molecule has 0 radical (unpaired) electrons. The highest BCUT2D eigenvalue weighted by Gasteiger charge is 2.24. The molecule has 0 N–H and O–H groups in total. The van der Waals surface area contributed by atoms with Crippen LogP contribution >= 0.6 is 0 Å². The highest BCUT2D eigenvalue weighted by atomic mass is 19.1. The molecule has 1 aliphatic rings. The minimum atomic E-state index is -0.679. The SMILES string of the molecule is CN1C/C(=C\c2cccnc2)C(=O)/C(=C/c2ccc(F)cc2F)C1. The molecule has 0 bridgehead atoms. The van der Waals surface area contributed by atoms with Crippen LogP contribution in [-0.4, -0.2) is 35.8 Å². The van der Waals surface area contributed by atoms with Crippen molar-refractivity contribution in [3.05, 3.63) is 76.6 Å². The number of likely N-dealkylation sites (tertiary alicyclic amines) is 1. The van der Waals surface area contributed by atoms with Crippen molar-refractivity contribution in [1.29, 1.82) is 0 Å². The Morgan fingerprint density at radius 2 is 1.88 bits per heavy atom. The maximum Gasteiger partial charge on any atom is 0.187 e. The van der Waals surface area contributed by atoms with Crippen molar-refractivity contribution in [2.24, 2.45) is 0 Å². The smallest absolute Gasteiger partial charge is 0.187 e. The van der Waals surface area contributed by atoms with Gasteiger partial charge in [-0.2, -0.15) is 0 Å². The van der Waals surface area contributed by atoms with Crippen LogP contribution in [0.25, 0.3) is 12.2 Å². The lowest BCUT2D eigenvalue weighted by atomic mass is 9.95. The summed E-state index contributed by atoms with van der Waals surface area (Å²) in [5, 5.41) is 0. The monoisotopic (exact) mass is 326 g/mol. The molecule has 1 aromatic carbocycles. The Balaban J connectivity index is 1.95. The molecule has 122 valence electrons. The Labute approximate surface area is 138 Å². The zero-order valence-electron chi connectivity index (χ0n) is 13.2. The summed E-state index contributed by atoms with van der Waals surface area (Å²) in [5.74, 6) is -1.44. The van der Waals surface area contributed by atoms with E-state index in [9.17, 15) is 13.6 Å². The Morgan fingerprint density at radius 1 is 1.12 bits per heavy atom. The number of ketones is 1. The van der Waals surface area contributed by atoms with Gasteiger partial charge in [0, 0.05) is 48.3 Å². The number of Topliss-reactive ketones (excluding diaryl/α,β-unsaturated/α-hetero) is 1. The summed E-state index contributed by atoms with van der Waals surface area (Å²) in [6, 6.07) is 7.00. The maximum atomic E-state index is 13.8. The number of carbonyl (C=O) groups excluding carboxylic acids is 1. The number of hydrogen-bond donors (Lipinski definition) is 0. The van der Waals surface area contributed by atoms with E-state index >= 15 is 0 Å². The summed E-state index contributed by atoms with van der Waals surface area (Å²) in [5.41, 5.74) is 2.13. The van der Waals surface area contributed by atoms with E-state index in [1.807, 2.05) is 18.0 Å². The van der Waals surface area contributed by atoms with E-state index in [4.69, 9.17) is 0 Å². The third-order valence-electron chi connectivity index (χ3n) is 3.78. The van der Waals surface area contributed by atoms with Crippen LogP contribution in [0.1, 0.15) is 11.1 Å². The predicted octanol–water partition coefficient (Wildman–Crippen LogP) is 3.34. The third kappa shape index (κ3) is 3.63. The lowest BCUT2D eigenvalue weighted by Gasteiger charge is -2.26. The van der Waals surface area contributed by atoms with Gasteiger partial charge in [0.15, 0.2) is 5.78 Å². The molecule has 1 aliphatic heterocycles. The topological polar surface area (TPSA) is 33.2 Å². The van der Waals surface area contributed by atoms with Gasteiger partial charge in [0.25, 0.3) is 0 Å². The number of nitrogens with zero attached hydrogens (tertiary/aromatic N) is 2. The van der Waals surface area contributed by atoms with E-state index in [1.54, 1.807) is 24.5 Å². The zero-order valence-corrected chi connectivity index (χ0v) is 13.2. The van der Waals surface area contributed by atoms with Crippen LogP contribution in [0.15, 0.2) is 53.9 Å². The molecule has 1 fully saturated rings. The van der Waals surface area contributed by atoms with Crippen LogP contribution in [0.2, 0.25) is 0 Å². The van der Waals surface area contributed by atoms with Gasteiger partial charge >= 0.3 is 0 Å². The summed E-state index contributed by atoms with van der Waals surface area (Å²) in [4.78, 5) is 18.7. The van der Waals surface area contributed by atoms with Crippen LogP contribution in [0.3, 0.4) is 0 Å². The molecule has 5 heteroatoms. The average Bonchev–Trinajstić information content (AvgIpc) is 2.55. The average molecular weight is 326 g/mol. The van der Waals surface area contributed by atoms with Crippen molar-refractivity contribution in [1.82, 2.24) is 9.88 Å². The molecule has 0 amide bonds. The second-order valence-electron chi connectivity index (χ2n) is 5.79. The van der Waals surface area contributed by atoms with Gasteiger partial charge in [0.1, 0.15) is 11.6 Å². The van der Waals surface area contributed by atoms with Crippen LogP contribution in [0.4, 0.5) is 8.78 Å². The van der Waals surface area contributed by atoms with Crippen molar-refractivity contribution < 1.29 is 13.6 Å². The Kier molecular flexibility index (Phi) is 4.62. The predicted molar refractivity (Wildman–Crippen MR) is 89.1 cm³/mol. The van der Waals surface area contributed by atoms with E-state index < -0.39 is 11.6 Å². The number of benzene rings is 1. The van der Waals surface area contributed by atoms with Gasteiger partial charge in [-0.3, -0.25) is 14.7 Å². The second-order valence-corrected chi connectivity index (χ2v) is 5.79. The Bertz CT molecular complexity index is 829. The van der Waals surface area contributed by atoms with Crippen molar-refractivity contribution >= 4 is 17.9 Å². The molecule has 2 aromatic rings. The van der Waals surface area contributed by atoms with Crippen LogP contribution < -0.4 is 0 Å². The number of piperidine rings is 1. The molecule has 0 unspecified atom stereocenters. The van der Waals surface area contributed by atoms with Crippen molar-refractivity contribution in [2.45, 2.75) is 0 Å². The molecule has 3 nitrogen and oxygen atoms in total.